The van der Waals surface area contributed by atoms with E-state index in [-0.39, 0.29) is 46.6 Å². The first kappa shape index (κ1) is 34.4. The van der Waals surface area contributed by atoms with Crippen LogP contribution in [0.5, 0.6) is 17.2 Å². The molecule has 2 aromatic rings. The second-order valence-corrected chi connectivity index (χ2v) is 12.8. The molecule has 1 fully saturated rings. The second-order valence-electron chi connectivity index (χ2n) is 9.59. The molecule has 0 aromatic heterocycles. The zero-order valence-corrected chi connectivity index (χ0v) is 28.3. The maximum Gasteiger partial charge on any atom is 2.00 e. The molecular weight excluding hydrogens is 725 g/mol. The van der Waals surface area contributed by atoms with Crippen molar-refractivity contribution in [2.45, 2.75) is 58.8 Å². The van der Waals surface area contributed by atoms with Gasteiger partial charge in [-0.3, -0.25) is 26.0 Å². The van der Waals surface area contributed by atoms with E-state index in [1.54, 1.807) is 39.8 Å². The Balaban J connectivity index is 0.00000560. The molecule has 1 aliphatic heterocycles. The Labute approximate surface area is 255 Å². The van der Waals surface area contributed by atoms with Gasteiger partial charge in [0, 0.05) is 17.1 Å². The minimum absolute atomic E-state index is 0. The third-order valence-corrected chi connectivity index (χ3v) is 9.13. The quantitative estimate of drug-likeness (QED) is 0.194. The maximum atomic E-state index is 12.9. The van der Waals surface area contributed by atoms with E-state index in [0.29, 0.717) is 23.5 Å². The van der Waals surface area contributed by atoms with Crippen LogP contribution in [-0.2, 0) is 45.9 Å². The maximum absolute atomic E-state index is 12.9. The van der Waals surface area contributed by atoms with E-state index in [1.165, 1.54) is 0 Å². The molecule has 0 radical (unpaired) electrons. The summed E-state index contributed by atoms with van der Waals surface area (Å²) in [5.41, 5.74) is 2.04. The fraction of sp³-hybridized carbons (Fsp3) is 0.464. The van der Waals surface area contributed by atoms with Crippen LogP contribution in [0.3, 0.4) is 0 Å². The number of hydrogen-bond acceptors (Lipinski definition) is 9. The van der Waals surface area contributed by atoms with Crippen molar-refractivity contribution in [3.63, 3.8) is 0 Å². The Bertz CT molecular complexity index is 1240. The number of carbonyl (C=O) groups is 2. The van der Waals surface area contributed by atoms with Gasteiger partial charge in [-0.25, -0.2) is 0 Å². The van der Waals surface area contributed by atoms with Gasteiger partial charge in [0.05, 0.1) is 25.1 Å². The standard InChI is InChI=1S/C28H36NO8PS.W/c1-8-35-38(33,36-9-2)17-29-26(31)24(39-27(29)32)15-21-10-12-22(13-11-21)34-16-28(6,7)37-23-14-18(3)25(30)20(5)19(23)4;/h10-13,24,30H,6,8-9,15-17H2,1-5,7H3;/q-2;+2. The summed E-state index contributed by atoms with van der Waals surface area (Å²) in [6, 6.07) is 10.3. The van der Waals surface area contributed by atoms with Gasteiger partial charge < -0.3 is 23.6 Å². The minimum Gasteiger partial charge on any atom is -0.565 e. The predicted molar refractivity (Wildman–Crippen MR) is 151 cm³/mol. The number of hydrogen-bond donors (Lipinski definition) is 1. The summed E-state index contributed by atoms with van der Waals surface area (Å²) < 4.78 is 35.3. The summed E-state index contributed by atoms with van der Waals surface area (Å²) in [5, 5.41) is 9.01. The molecule has 1 N–H and O–H groups in total. The molecule has 0 saturated carbocycles. The topological polar surface area (TPSA) is 112 Å². The molecule has 1 aliphatic rings. The minimum atomic E-state index is -3.59. The average molecular weight is 761 g/mol. The van der Waals surface area contributed by atoms with Crippen molar-refractivity contribution in [3.05, 3.63) is 59.5 Å². The molecule has 0 spiro atoms. The van der Waals surface area contributed by atoms with Gasteiger partial charge in [-0.15, -0.1) is 22.8 Å². The number of carbonyl (C=O) groups excluding carboxylic acids is 2. The molecule has 40 heavy (non-hydrogen) atoms. The van der Waals surface area contributed by atoms with Crippen molar-refractivity contribution in [2.24, 2.45) is 0 Å². The Morgan fingerprint density at radius 3 is 2.27 bits per heavy atom. The van der Waals surface area contributed by atoms with Gasteiger partial charge in [0.2, 0.25) is 5.91 Å². The van der Waals surface area contributed by atoms with E-state index in [4.69, 9.17) is 18.5 Å². The largest absolute Gasteiger partial charge is 2.00 e. The van der Waals surface area contributed by atoms with Gasteiger partial charge >= 0.3 is 28.7 Å². The number of aryl methyl sites for hydroxylation is 1. The molecule has 2 atom stereocenters. The van der Waals surface area contributed by atoms with E-state index in [2.05, 4.69) is 13.0 Å². The summed E-state index contributed by atoms with van der Waals surface area (Å²) in [5.74, 6) is 0.892. The fourth-order valence-corrected chi connectivity index (χ4v) is 6.71. The van der Waals surface area contributed by atoms with Crippen molar-refractivity contribution in [3.8, 4) is 17.2 Å². The van der Waals surface area contributed by atoms with Crippen LogP contribution < -0.4 is 9.47 Å². The first-order valence-corrected chi connectivity index (χ1v) is 15.3. The normalized spacial score (nSPS) is 17.0. The number of aromatic hydroxyl groups is 1. The van der Waals surface area contributed by atoms with Crippen LogP contribution in [0.2, 0.25) is 0 Å². The van der Waals surface area contributed by atoms with Crippen LogP contribution in [0, 0.1) is 33.8 Å². The summed E-state index contributed by atoms with van der Waals surface area (Å²) in [7, 11) is -3.59. The van der Waals surface area contributed by atoms with E-state index in [0.717, 1.165) is 33.4 Å². The van der Waals surface area contributed by atoms with Gasteiger partial charge in [0.25, 0.3) is 5.24 Å². The zero-order chi connectivity index (χ0) is 29.0. The number of benzene rings is 2. The summed E-state index contributed by atoms with van der Waals surface area (Å²) >= 11 is 0.907. The van der Waals surface area contributed by atoms with Crippen LogP contribution in [0.4, 0.5) is 4.79 Å². The molecule has 2 amide bonds. The monoisotopic (exact) mass is 761 g/mol. The van der Waals surface area contributed by atoms with Crippen LogP contribution >= 0.6 is 19.4 Å². The van der Waals surface area contributed by atoms with E-state index < -0.39 is 35.9 Å². The molecule has 9 nitrogen and oxygen atoms in total. The summed E-state index contributed by atoms with van der Waals surface area (Å²) in [4.78, 5) is 26.4. The van der Waals surface area contributed by atoms with E-state index in [9.17, 15) is 19.3 Å². The van der Waals surface area contributed by atoms with Crippen molar-refractivity contribution in [1.82, 2.24) is 4.90 Å². The summed E-state index contributed by atoms with van der Waals surface area (Å²) in [6.45, 7) is 15.1. The van der Waals surface area contributed by atoms with Gasteiger partial charge in [-0.05, 0) is 38.0 Å². The molecule has 12 heteroatoms. The average Bonchev–Trinajstić information content (AvgIpc) is 3.12. The molecule has 0 bridgehead atoms. The Morgan fingerprint density at radius 1 is 1.10 bits per heavy atom. The number of phenols is 1. The van der Waals surface area contributed by atoms with Crippen LogP contribution in [0.25, 0.3) is 0 Å². The molecule has 2 unspecified atom stereocenters. The number of nitrogens with zero attached hydrogens (tertiary/aromatic N) is 1. The molecule has 218 valence electrons. The SMILES string of the molecule is [CH2-]C(C)(COc1ccc(CC2SC(=O)N(CP(=O)(OCC)OCC)C2=O)cc1)Oc1[c-]c(C)c(O)c(C)c1C.[W+2]. The van der Waals surface area contributed by atoms with Crippen LogP contribution in [0.15, 0.2) is 24.3 Å². The Hall–Kier alpha value is -1.83. The van der Waals surface area contributed by atoms with Gasteiger partial charge in [0.15, 0.2) is 0 Å². The predicted octanol–water partition coefficient (Wildman–Crippen LogP) is 6.00. The third-order valence-electron chi connectivity index (χ3n) is 6.12. The molecule has 0 aliphatic carbocycles. The van der Waals surface area contributed by atoms with Gasteiger partial charge in [-0.1, -0.05) is 51.6 Å². The summed E-state index contributed by atoms with van der Waals surface area (Å²) in [6.07, 6.45) is -0.0699. The molecule has 3 rings (SSSR count). The van der Waals surface area contributed by atoms with E-state index >= 15 is 0 Å². The molecule has 1 heterocycles. The third kappa shape index (κ3) is 8.59. The van der Waals surface area contributed by atoms with Crippen molar-refractivity contribution >= 4 is 30.5 Å². The van der Waals surface area contributed by atoms with Gasteiger partial charge in [-0.2, -0.15) is 0 Å². The number of phenolic OH excluding ortho intramolecular Hbond substituents is 1. The Morgan fingerprint density at radius 2 is 1.70 bits per heavy atom. The van der Waals surface area contributed by atoms with Crippen LogP contribution in [0.1, 0.15) is 43.0 Å². The van der Waals surface area contributed by atoms with E-state index in [1.807, 2.05) is 26.0 Å². The Kier molecular flexibility index (Phi) is 12.3. The first-order chi connectivity index (χ1) is 18.3. The zero-order valence-electron chi connectivity index (χ0n) is 23.6. The molecule has 2 aromatic carbocycles. The molecular formula is C28H36NO8PSW. The number of thioether (sulfide) groups is 1. The number of amides is 2. The van der Waals surface area contributed by atoms with Crippen molar-refractivity contribution in [2.75, 3.05) is 26.1 Å². The smallest absolute Gasteiger partial charge is 0.565 e. The van der Waals surface area contributed by atoms with Crippen molar-refractivity contribution in [1.29, 1.82) is 0 Å². The van der Waals surface area contributed by atoms with Crippen LogP contribution in [-0.4, -0.2) is 58.1 Å². The fourth-order valence-electron chi connectivity index (χ4n) is 3.94. The second kappa shape index (κ2) is 14.4. The number of ether oxygens (including phenoxy) is 2. The van der Waals surface area contributed by atoms with Gasteiger partial charge in [0.1, 0.15) is 12.0 Å². The number of rotatable bonds is 13. The first-order valence-electron chi connectivity index (χ1n) is 12.7. The van der Waals surface area contributed by atoms with Crippen molar-refractivity contribution < 1.29 is 58.8 Å². The number of imide groups is 1. The molecule has 1 saturated heterocycles.